The topological polar surface area (TPSA) is 70.7 Å². The fraction of sp³-hybridized carbons (Fsp3) is 0.556. The summed E-state index contributed by atoms with van der Waals surface area (Å²) in [5, 5.41) is 5.81. The van der Waals surface area contributed by atoms with E-state index in [1.54, 1.807) is 31.4 Å². The molecule has 0 aliphatic carbocycles. The molecule has 2 rings (SSSR count). The first-order valence-electron chi connectivity index (χ1n) is 8.59. The molecule has 24 heavy (non-hydrogen) atoms. The zero-order chi connectivity index (χ0) is 17.2. The van der Waals surface area contributed by atoms with Crippen LogP contribution < -0.4 is 10.6 Å². The van der Waals surface area contributed by atoms with Gasteiger partial charge in [-0.05, 0) is 31.0 Å². The predicted octanol–water partition coefficient (Wildman–Crippen LogP) is 1.88. The van der Waals surface area contributed by atoms with Crippen molar-refractivity contribution in [2.45, 2.75) is 25.7 Å². The van der Waals surface area contributed by atoms with E-state index in [1.807, 2.05) is 4.90 Å². The molecule has 1 heterocycles. The molecule has 0 bridgehead atoms. The fourth-order valence-electron chi connectivity index (χ4n) is 2.77. The molecule has 1 aliphatic rings. The number of ether oxygens (including phenoxy) is 1. The number of hydrogen-bond acceptors (Lipinski definition) is 4. The van der Waals surface area contributed by atoms with E-state index in [1.165, 1.54) is 12.8 Å². The van der Waals surface area contributed by atoms with Crippen molar-refractivity contribution in [3.05, 3.63) is 29.8 Å². The van der Waals surface area contributed by atoms with Gasteiger partial charge in [0.15, 0.2) is 0 Å². The van der Waals surface area contributed by atoms with Crippen LogP contribution in [0, 0.1) is 0 Å². The number of methoxy groups -OCH3 is 1. The average Bonchev–Trinajstić information content (AvgIpc) is 2.88. The number of nitrogens with one attached hydrogen (secondary N) is 2. The number of carbonyl (C=O) groups excluding carboxylic acids is 2. The van der Waals surface area contributed by atoms with Gasteiger partial charge in [0.25, 0.3) is 5.91 Å². The highest BCUT2D eigenvalue weighted by Crippen LogP contribution is 2.16. The molecule has 0 unspecified atom stereocenters. The number of hydrogen-bond donors (Lipinski definition) is 2. The van der Waals surface area contributed by atoms with Crippen LogP contribution in [0.5, 0.6) is 0 Å². The minimum atomic E-state index is -0.134. The van der Waals surface area contributed by atoms with E-state index in [2.05, 4.69) is 10.6 Å². The lowest BCUT2D eigenvalue weighted by Crippen LogP contribution is -2.32. The van der Waals surface area contributed by atoms with E-state index >= 15 is 0 Å². The molecule has 0 aromatic heterocycles. The summed E-state index contributed by atoms with van der Waals surface area (Å²) in [7, 11) is 1.62. The highest BCUT2D eigenvalue weighted by molar-refractivity contribution is 5.97. The fourth-order valence-corrected chi connectivity index (χ4v) is 2.77. The Bertz CT molecular complexity index is 540. The second kappa shape index (κ2) is 10.1. The molecule has 1 aliphatic heterocycles. The molecule has 6 heteroatoms. The molecule has 1 aromatic carbocycles. The third-order valence-corrected chi connectivity index (χ3v) is 4.06. The lowest BCUT2D eigenvalue weighted by Gasteiger charge is -2.20. The molecule has 0 spiro atoms. The minimum absolute atomic E-state index is 0.0474. The molecular formula is C18H27N3O3. The van der Waals surface area contributed by atoms with Crippen LogP contribution in [0.4, 0.5) is 5.69 Å². The van der Waals surface area contributed by atoms with Crippen LogP contribution >= 0.6 is 0 Å². The van der Waals surface area contributed by atoms with Gasteiger partial charge in [0, 0.05) is 38.0 Å². The second-order valence-electron chi connectivity index (χ2n) is 6.00. The Labute approximate surface area is 143 Å². The maximum absolute atomic E-state index is 12.6. The van der Waals surface area contributed by atoms with Gasteiger partial charge >= 0.3 is 0 Å². The molecule has 1 aromatic rings. The molecule has 0 radical (unpaired) electrons. The van der Waals surface area contributed by atoms with Crippen molar-refractivity contribution in [1.29, 1.82) is 0 Å². The van der Waals surface area contributed by atoms with Crippen molar-refractivity contribution in [1.82, 2.24) is 10.2 Å². The van der Waals surface area contributed by atoms with Gasteiger partial charge in [-0.1, -0.05) is 18.9 Å². The SMILES string of the molecule is COCCNCC(=O)Nc1cccc(C(=O)N2CCCCCC2)c1. The summed E-state index contributed by atoms with van der Waals surface area (Å²) in [6, 6.07) is 7.16. The molecule has 1 saturated heterocycles. The van der Waals surface area contributed by atoms with E-state index in [-0.39, 0.29) is 18.4 Å². The third kappa shape index (κ3) is 5.94. The standard InChI is InChI=1S/C18H27N3O3/c1-24-12-9-19-14-17(22)20-16-8-6-7-15(13-16)18(23)21-10-4-2-3-5-11-21/h6-8,13,19H,2-5,9-12,14H2,1H3,(H,20,22). The zero-order valence-corrected chi connectivity index (χ0v) is 14.3. The summed E-state index contributed by atoms with van der Waals surface area (Å²) in [6.07, 6.45) is 4.51. The van der Waals surface area contributed by atoms with Crippen LogP contribution in [0.15, 0.2) is 24.3 Å². The monoisotopic (exact) mass is 333 g/mol. The number of nitrogens with zero attached hydrogens (tertiary/aromatic N) is 1. The molecule has 1 fully saturated rings. The van der Waals surface area contributed by atoms with Gasteiger partial charge in [0.2, 0.25) is 5.91 Å². The Kier molecular flexibility index (Phi) is 7.71. The molecule has 2 N–H and O–H groups in total. The maximum atomic E-state index is 12.6. The van der Waals surface area contributed by atoms with Gasteiger partial charge in [0.05, 0.1) is 13.2 Å². The predicted molar refractivity (Wildman–Crippen MR) is 94.2 cm³/mol. The number of carbonyl (C=O) groups is 2. The second-order valence-corrected chi connectivity index (χ2v) is 6.00. The van der Waals surface area contributed by atoms with E-state index in [4.69, 9.17) is 4.74 Å². The van der Waals surface area contributed by atoms with Crippen molar-refractivity contribution in [3.8, 4) is 0 Å². The van der Waals surface area contributed by atoms with Crippen LogP contribution in [-0.4, -0.2) is 56.6 Å². The van der Waals surface area contributed by atoms with Crippen molar-refractivity contribution >= 4 is 17.5 Å². The first-order valence-corrected chi connectivity index (χ1v) is 8.59. The van der Waals surface area contributed by atoms with Gasteiger partial charge in [0.1, 0.15) is 0 Å². The van der Waals surface area contributed by atoms with Gasteiger partial charge in [-0.2, -0.15) is 0 Å². The summed E-state index contributed by atoms with van der Waals surface area (Å²) < 4.78 is 4.91. The number of benzene rings is 1. The Morgan fingerprint density at radius 3 is 2.62 bits per heavy atom. The summed E-state index contributed by atoms with van der Waals surface area (Å²) in [5.74, 6) is -0.0864. The van der Waals surface area contributed by atoms with Crippen LogP contribution in [0.25, 0.3) is 0 Å². The molecule has 0 atom stereocenters. The Hall–Kier alpha value is -1.92. The highest BCUT2D eigenvalue weighted by atomic mass is 16.5. The van der Waals surface area contributed by atoms with Gasteiger partial charge in [-0.15, -0.1) is 0 Å². The lowest BCUT2D eigenvalue weighted by molar-refractivity contribution is -0.115. The summed E-state index contributed by atoms with van der Waals surface area (Å²) >= 11 is 0. The lowest BCUT2D eigenvalue weighted by atomic mass is 10.1. The summed E-state index contributed by atoms with van der Waals surface area (Å²) in [5.41, 5.74) is 1.27. The highest BCUT2D eigenvalue weighted by Gasteiger charge is 2.17. The van der Waals surface area contributed by atoms with E-state index in [9.17, 15) is 9.59 Å². The Morgan fingerprint density at radius 1 is 1.17 bits per heavy atom. The Balaban J connectivity index is 1.90. The molecule has 0 saturated carbocycles. The van der Waals surface area contributed by atoms with Gasteiger partial charge < -0.3 is 20.3 Å². The van der Waals surface area contributed by atoms with E-state index < -0.39 is 0 Å². The van der Waals surface area contributed by atoms with E-state index in [0.29, 0.717) is 24.4 Å². The number of amides is 2. The number of rotatable bonds is 7. The van der Waals surface area contributed by atoms with Gasteiger partial charge in [-0.3, -0.25) is 9.59 Å². The summed E-state index contributed by atoms with van der Waals surface area (Å²) in [6.45, 7) is 3.04. The minimum Gasteiger partial charge on any atom is -0.383 e. The molecule has 2 amide bonds. The smallest absolute Gasteiger partial charge is 0.253 e. The first kappa shape index (κ1) is 18.4. The van der Waals surface area contributed by atoms with Crippen molar-refractivity contribution in [3.63, 3.8) is 0 Å². The van der Waals surface area contributed by atoms with Crippen LogP contribution in [0.1, 0.15) is 36.0 Å². The van der Waals surface area contributed by atoms with E-state index in [0.717, 1.165) is 25.9 Å². The van der Waals surface area contributed by atoms with Crippen molar-refractivity contribution < 1.29 is 14.3 Å². The van der Waals surface area contributed by atoms with Crippen molar-refractivity contribution in [2.24, 2.45) is 0 Å². The van der Waals surface area contributed by atoms with Gasteiger partial charge in [-0.25, -0.2) is 0 Å². The largest absolute Gasteiger partial charge is 0.383 e. The number of anilines is 1. The first-order chi connectivity index (χ1) is 11.7. The number of likely N-dealkylation sites (tertiary alicyclic amines) is 1. The van der Waals surface area contributed by atoms with Crippen molar-refractivity contribution in [2.75, 3.05) is 45.2 Å². The normalized spacial score (nSPS) is 15.0. The van der Waals surface area contributed by atoms with Crippen LogP contribution in [0.2, 0.25) is 0 Å². The zero-order valence-electron chi connectivity index (χ0n) is 14.3. The molecule has 6 nitrogen and oxygen atoms in total. The quantitative estimate of drug-likeness (QED) is 0.748. The maximum Gasteiger partial charge on any atom is 0.253 e. The van der Waals surface area contributed by atoms with Crippen LogP contribution in [0.3, 0.4) is 0 Å². The molecule has 132 valence electrons. The summed E-state index contributed by atoms with van der Waals surface area (Å²) in [4.78, 5) is 26.4. The average molecular weight is 333 g/mol. The third-order valence-electron chi connectivity index (χ3n) is 4.06. The Morgan fingerprint density at radius 2 is 1.92 bits per heavy atom. The molecular weight excluding hydrogens is 306 g/mol. The van der Waals surface area contributed by atoms with Crippen LogP contribution in [-0.2, 0) is 9.53 Å².